The molecule has 0 radical (unpaired) electrons. The molecule has 0 saturated heterocycles. The van der Waals surface area contributed by atoms with E-state index in [1.807, 2.05) is 0 Å². The van der Waals surface area contributed by atoms with Crippen molar-refractivity contribution >= 4 is 5.84 Å². The Labute approximate surface area is 113 Å². The van der Waals surface area contributed by atoms with Crippen LogP contribution in [0.2, 0.25) is 0 Å². The lowest BCUT2D eigenvalue weighted by Crippen LogP contribution is -2.20. The lowest BCUT2D eigenvalue weighted by Gasteiger charge is -2.14. The molecule has 0 unspecified atom stereocenters. The molecule has 0 heterocycles. The van der Waals surface area contributed by atoms with Gasteiger partial charge in [-0.15, -0.1) is 0 Å². The predicted molar refractivity (Wildman–Crippen MR) is 65.9 cm³/mol. The van der Waals surface area contributed by atoms with Crippen molar-refractivity contribution in [2.45, 2.75) is 12.6 Å². The summed E-state index contributed by atoms with van der Waals surface area (Å²) in [6.07, 6.45) is -4.07. The molecule has 0 saturated carbocycles. The fourth-order valence-corrected chi connectivity index (χ4v) is 1.52. The Morgan fingerprint density at radius 2 is 2.05 bits per heavy atom. The van der Waals surface area contributed by atoms with Gasteiger partial charge in [-0.05, 0) is 18.2 Å². The van der Waals surface area contributed by atoms with Crippen molar-refractivity contribution in [3.8, 4) is 5.75 Å². The van der Waals surface area contributed by atoms with Crippen molar-refractivity contribution in [3.63, 3.8) is 0 Å². The second kappa shape index (κ2) is 6.99. The van der Waals surface area contributed by atoms with Crippen LogP contribution < -0.4 is 10.5 Å². The van der Waals surface area contributed by atoms with Gasteiger partial charge in [0.05, 0.1) is 12.2 Å². The first-order valence-corrected chi connectivity index (χ1v) is 5.71. The molecule has 0 atom stereocenters. The molecular formula is C12H15F3N2O3. The van der Waals surface area contributed by atoms with E-state index >= 15 is 0 Å². The number of alkyl halides is 3. The number of ether oxygens (including phenoxy) is 2. The molecular weight excluding hydrogens is 277 g/mol. The van der Waals surface area contributed by atoms with Gasteiger partial charge in [0, 0.05) is 25.7 Å². The Kier molecular flexibility index (Phi) is 5.63. The van der Waals surface area contributed by atoms with Gasteiger partial charge in [0.25, 0.3) is 0 Å². The lowest BCUT2D eigenvalue weighted by atomic mass is 10.1. The molecule has 1 aromatic rings. The minimum absolute atomic E-state index is 0.0583. The Morgan fingerprint density at radius 3 is 2.60 bits per heavy atom. The van der Waals surface area contributed by atoms with Gasteiger partial charge in [0.2, 0.25) is 0 Å². The van der Waals surface area contributed by atoms with Crippen LogP contribution in [0.15, 0.2) is 23.4 Å². The summed E-state index contributed by atoms with van der Waals surface area (Å²) in [5, 5.41) is 11.1. The van der Waals surface area contributed by atoms with E-state index in [2.05, 4.69) is 5.16 Å². The van der Waals surface area contributed by atoms with Crippen molar-refractivity contribution in [2.75, 3.05) is 20.3 Å². The standard InChI is InChI=1S/C12H15F3N2O3/c1-19-5-2-6-20-8-3-4-9(11(16)17-18)10(7-8)12(13,14)15/h3-4,7,18H,2,5-6H2,1H3,(H2,16,17). The van der Waals surface area contributed by atoms with Crippen LogP contribution in [-0.2, 0) is 10.9 Å². The highest BCUT2D eigenvalue weighted by atomic mass is 19.4. The zero-order valence-corrected chi connectivity index (χ0v) is 10.8. The number of rotatable bonds is 6. The van der Waals surface area contributed by atoms with Crippen LogP contribution in [0.3, 0.4) is 0 Å². The molecule has 0 fully saturated rings. The molecule has 0 aliphatic carbocycles. The summed E-state index contributed by atoms with van der Waals surface area (Å²) in [5.41, 5.74) is 3.81. The summed E-state index contributed by atoms with van der Waals surface area (Å²) in [6.45, 7) is 0.683. The summed E-state index contributed by atoms with van der Waals surface area (Å²) in [4.78, 5) is 0. The van der Waals surface area contributed by atoms with E-state index in [0.29, 0.717) is 13.0 Å². The molecule has 5 nitrogen and oxygen atoms in total. The number of amidine groups is 1. The molecule has 20 heavy (non-hydrogen) atoms. The Hall–Kier alpha value is -1.96. The number of benzene rings is 1. The lowest BCUT2D eigenvalue weighted by molar-refractivity contribution is -0.137. The monoisotopic (exact) mass is 292 g/mol. The smallest absolute Gasteiger partial charge is 0.417 e. The molecule has 112 valence electrons. The highest BCUT2D eigenvalue weighted by Gasteiger charge is 2.35. The second-order valence-electron chi connectivity index (χ2n) is 3.89. The maximum Gasteiger partial charge on any atom is 0.417 e. The maximum atomic E-state index is 12.9. The second-order valence-corrected chi connectivity index (χ2v) is 3.89. The van der Waals surface area contributed by atoms with Crippen molar-refractivity contribution in [2.24, 2.45) is 10.9 Å². The molecule has 3 N–H and O–H groups in total. The SMILES string of the molecule is COCCCOc1ccc(/C(N)=N/O)c(C(F)(F)F)c1. The van der Waals surface area contributed by atoms with E-state index in [0.717, 1.165) is 12.1 Å². The van der Waals surface area contributed by atoms with Gasteiger partial charge in [0.1, 0.15) is 5.75 Å². The van der Waals surface area contributed by atoms with Gasteiger partial charge >= 0.3 is 6.18 Å². The molecule has 8 heteroatoms. The van der Waals surface area contributed by atoms with Gasteiger partial charge in [-0.3, -0.25) is 0 Å². The first kappa shape index (κ1) is 16.1. The normalized spacial score (nSPS) is 12.5. The Balaban J connectivity index is 2.97. The molecule has 0 aromatic heterocycles. The molecule has 1 aromatic carbocycles. The summed E-state index contributed by atoms with van der Waals surface area (Å²) in [7, 11) is 1.52. The first-order valence-electron chi connectivity index (χ1n) is 5.71. The van der Waals surface area contributed by atoms with Crippen LogP contribution >= 0.6 is 0 Å². The van der Waals surface area contributed by atoms with E-state index in [4.69, 9.17) is 20.4 Å². The molecule has 0 bridgehead atoms. The van der Waals surface area contributed by atoms with Crippen LogP contribution in [0.1, 0.15) is 17.5 Å². The Morgan fingerprint density at radius 1 is 1.35 bits per heavy atom. The van der Waals surface area contributed by atoms with E-state index in [1.54, 1.807) is 0 Å². The van der Waals surface area contributed by atoms with Crippen LogP contribution in [-0.4, -0.2) is 31.4 Å². The quantitative estimate of drug-likeness (QED) is 0.277. The topological polar surface area (TPSA) is 77.1 Å². The third-order valence-electron chi connectivity index (χ3n) is 2.44. The summed E-state index contributed by atoms with van der Waals surface area (Å²) in [6, 6.07) is 3.25. The highest BCUT2D eigenvalue weighted by molar-refractivity contribution is 5.98. The molecule has 1 rings (SSSR count). The Bertz CT molecular complexity index is 476. The molecule has 0 aliphatic heterocycles. The van der Waals surface area contributed by atoms with Gasteiger partial charge in [0.15, 0.2) is 5.84 Å². The average molecular weight is 292 g/mol. The molecule has 0 spiro atoms. The van der Waals surface area contributed by atoms with Crippen molar-refractivity contribution in [3.05, 3.63) is 29.3 Å². The van der Waals surface area contributed by atoms with E-state index in [9.17, 15) is 13.2 Å². The predicted octanol–water partition coefficient (Wildman–Crippen LogP) is 2.22. The summed E-state index contributed by atoms with van der Waals surface area (Å²) in [5.74, 6) is -0.550. The maximum absolute atomic E-state index is 12.9. The van der Waals surface area contributed by atoms with Crippen LogP contribution in [0.5, 0.6) is 5.75 Å². The number of nitrogens with two attached hydrogens (primary N) is 1. The third kappa shape index (κ3) is 4.30. The summed E-state index contributed by atoms with van der Waals surface area (Å²) >= 11 is 0. The molecule has 0 amide bonds. The highest BCUT2D eigenvalue weighted by Crippen LogP contribution is 2.34. The summed E-state index contributed by atoms with van der Waals surface area (Å²) < 4.78 is 48.7. The van der Waals surface area contributed by atoms with Gasteiger partial charge in [-0.1, -0.05) is 5.16 Å². The fraction of sp³-hybridized carbons (Fsp3) is 0.417. The minimum atomic E-state index is -4.63. The largest absolute Gasteiger partial charge is 0.493 e. The first-order chi connectivity index (χ1) is 9.40. The number of methoxy groups -OCH3 is 1. The average Bonchev–Trinajstić information content (AvgIpc) is 2.41. The van der Waals surface area contributed by atoms with Crippen molar-refractivity contribution in [1.29, 1.82) is 0 Å². The van der Waals surface area contributed by atoms with E-state index < -0.39 is 23.1 Å². The number of hydrogen-bond acceptors (Lipinski definition) is 4. The number of halogens is 3. The van der Waals surface area contributed by atoms with Crippen LogP contribution in [0.25, 0.3) is 0 Å². The third-order valence-corrected chi connectivity index (χ3v) is 2.44. The van der Waals surface area contributed by atoms with Crippen LogP contribution in [0.4, 0.5) is 13.2 Å². The van der Waals surface area contributed by atoms with E-state index in [1.165, 1.54) is 13.2 Å². The van der Waals surface area contributed by atoms with Crippen molar-refractivity contribution in [1.82, 2.24) is 0 Å². The zero-order chi connectivity index (χ0) is 15.2. The van der Waals surface area contributed by atoms with Crippen LogP contribution in [0, 0.1) is 0 Å². The minimum Gasteiger partial charge on any atom is -0.493 e. The van der Waals surface area contributed by atoms with Gasteiger partial charge in [-0.2, -0.15) is 13.2 Å². The number of nitrogens with zero attached hydrogens (tertiary/aromatic N) is 1. The number of hydrogen-bond donors (Lipinski definition) is 2. The number of oxime groups is 1. The zero-order valence-electron chi connectivity index (χ0n) is 10.8. The van der Waals surface area contributed by atoms with Gasteiger partial charge in [-0.25, -0.2) is 0 Å². The fourth-order valence-electron chi connectivity index (χ4n) is 1.52. The van der Waals surface area contributed by atoms with Crippen molar-refractivity contribution < 1.29 is 27.9 Å². The molecule has 0 aliphatic rings. The van der Waals surface area contributed by atoms with E-state index in [-0.39, 0.29) is 12.4 Å². The van der Waals surface area contributed by atoms with Gasteiger partial charge < -0.3 is 20.4 Å².